The van der Waals surface area contributed by atoms with Crippen LogP contribution in [-0.2, 0) is 4.79 Å². The summed E-state index contributed by atoms with van der Waals surface area (Å²) in [5.74, 6) is -1.80. The molecule has 154 valence electrons. The van der Waals surface area contributed by atoms with Gasteiger partial charge in [-0.2, -0.15) is 0 Å². The molecule has 0 fully saturated rings. The highest BCUT2D eigenvalue weighted by atomic mass is 16.4. The van der Waals surface area contributed by atoms with E-state index in [1.165, 1.54) is 6.20 Å². The zero-order valence-electron chi connectivity index (χ0n) is 16.4. The number of carboxylic acids is 1. The summed E-state index contributed by atoms with van der Waals surface area (Å²) in [6.07, 6.45) is 5.63. The second-order valence-corrected chi connectivity index (χ2v) is 6.69. The molecule has 0 spiro atoms. The van der Waals surface area contributed by atoms with Crippen LogP contribution in [0.5, 0.6) is 0 Å². The van der Waals surface area contributed by atoms with Gasteiger partial charge in [-0.15, -0.1) is 0 Å². The Morgan fingerprint density at radius 3 is 2.07 bits per heavy atom. The largest absolute Gasteiger partial charge is 0.480 e. The Morgan fingerprint density at radius 2 is 1.55 bits per heavy atom. The second kappa shape index (κ2) is 10.9. The number of amides is 2. The van der Waals surface area contributed by atoms with Gasteiger partial charge in [0.05, 0.1) is 0 Å². The van der Waals surface area contributed by atoms with Crippen molar-refractivity contribution in [1.29, 1.82) is 0 Å². The van der Waals surface area contributed by atoms with Crippen molar-refractivity contribution in [2.24, 2.45) is 0 Å². The first kappa shape index (κ1) is 22.0. The molecule has 0 aliphatic rings. The summed E-state index contributed by atoms with van der Waals surface area (Å²) in [4.78, 5) is 44.1. The molecule has 0 bridgehead atoms. The molecule has 2 heterocycles. The highest BCUT2D eigenvalue weighted by molar-refractivity contribution is 5.96. The minimum absolute atomic E-state index is 0.184. The van der Waals surface area contributed by atoms with Crippen LogP contribution in [0.2, 0.25) is 0 Å². The lowest BCUT2D eigenvalue weighted by Crippen LogP contribution is -2.54. The molecule has 2 aromatic heterocycles. The molecule has 0 aromatic carbocycles. The first-order valence-corrected chi connectivity index (χ1v) is 9.64. The SMILES string of the molecule is CC[C@](CCCCCNC(=O)c1ccccn1)(NC(=O)c1ccccn1)C(=O)O. The van der Waals surface area contributed by atoms with Crippen molar-refractivity contribution in [3.8, 4) is 0 Å². The molecule has 0 radical (unpaired) electrons. The average molecular weight is 398 g/mol. The van der Waals surface area contributed by atoms with E-state index in [1.54, 1.807) is 49.5 Å². The van der Waals surface area contributed by atoms with E-state index < -0.39 is 17.4 Å². The van der Waals surface area contributed by atoms with Gasteiger partial charge in [0.1, 0.15) is 16.9 Å². The van der Waals surface area contributed by atoms with Crippen LogP contribution >= 0.6 is 0 Å². The van der Waals surface area contributed by atoms with Gasteiger partial charge in [0.15, 0.2) is 0 Å². The maximum atomic E-state index is 12.4. The van der Waals surface area contributed by atoms with Gasteiger partial charge in [0.2, 0.25) is 0 Å². The fourth-order valence-corrected chi connectivity index (χ4v) is 2.94. The third-order valence-electron chi connectivity index (χ3n) is 4.73. The number of pyridine rings is 2. The van der Waals surface area contributed by atoms with Gasteiger partial charge in [0.25, 0.3) is 11.8 Å². The van der Waals surface area contributed by atoms with Crippen molar-refractivity contribution >= 4 is 17.8 Å². The Bertz CT molecular complexity index is 814. The fourth-order valence-electron chi connectivity index (χ4n) is 2.94. The number of carbonyl (C=O) groups excluding carboxylic acids is 2. The lowest BCUT2D eigenvalue weighted by molar-refractivity contribution is -0.145. The molecule has 0 aliphatic heterocycles. The second-order valence-electron chi connectivity index (χ2n) is 6.69. The van der Waals surface area contributed by atoms with Crippen molar-refractivity contribution in [1.82, 2.24) is 20.6 Å². The number of aromatic nitrogens is 2. The van der Waals surface area contributed by atoms with E-state index in [4.69, 9.17) is 0 Å². The molecule has 0 saturated carbocycles. The third-order valence-corrected chi connectivity index (χ3v) is 4.73. The molecule has 2 rings (SSSR count). The number of carbonyl (C=O) groups is 3. The van der Waals surface area contributed by atoms with Crippen LogP contribution in [0.4, 0.5) is 0 Å². The van der Waals surface area contributed by atoms with E-state index in [0.717, 1.165) is 6.42 Å². The van der Waals surface area contributed by atoms with Gasteiger partial charge in [0, 0.05) is 18.9 Å². The Balaban J connectivity index is 1.80. The topological polar surface area (TPSA) is 121 Å². The highest BCUT2D eigenvalue weighted by Crippen LogP contribution is 2.20. The standard InChI is InChI=1S/C21H26N4O4/c1-2-21(20(28)29,25-19(27)17-11-5-9-14-23-17)12-6-3-7-15-24-18(26)16-10-4-8-13-22-16/h4-5,8-11,13-14H,2-3,6-7,12,15H2,1H3,(H,24,26)(H,25,27)(H,28,29)/t21-/m1/s1. The minimum atomic E-state index is -1.34. The Kier molecular flexibility index (Phi) is 8.27. The zero-order chi connectivity index (χ0) is 21.1. The molecule has 8 heteroatoms. The molecule has 0 saturated heterocycles. The summed E-state index contributed by atoms with van der Waals surface area (Å²) >= 11 is 0. The van der Waals surface area contributed by atoms with E-state index in [9.17, 15) is 19.5 Å². The van der Waals surface area contributed by atoms with Crippen molar-refractivity contribution < 1.29 is 19.5 Å². The summed E-state index contributed by atoms with van der Waals surface area (Å²) in [7, 11) is 0. The number of carboxylic acid groups (broad SMARTS) is 1. The van der Waals surface area contributed by atoms with E-state index in [0.29, 0.717) is 31.5 Å². The quantitative estimate of drug-likeness (QED) is 0.500. The van der Waals surface area contributed by atoms with E-state index in [-0.39, 0.29) is 18.0 Å². The first-order valence-electron chi connectivity index (χ1n) is 9.64. The molecule has 29 heavy (non-hydrogen) atoms. The summed E-state index contributed by atoms with van der Waals surface area (Å²) < 4.78 is 0. The van der Waals surface area contributed by atoms with Gasteiger partial charge >= 0.3 is 5.97 Å². The lowest BCUT2D eigenvalue weighted by atomic mass is 9.89. The Labute approximate surface area is 169 Å². The first-order chi connectivity index (χ1) is 14.0. The summed E-state index contributed by atoms with van der Waals surface area (Å²) in [5, 5.41) is 15.2. The van der Waals surface area contributed by atoms with Crippen LogP contribution in [0, 0.1) is 0 Å². The highest BCUT2D eigenvalue weighted by Gasteiger charge is 2.38. The number of hydrogen-bond acceptors (Lipinski definition) is 5. The van der Waals surface area contributed by atoms with Crippen molar-refractivity contribution in [3.63, 3.8) is 0 Å². The van der Waals surface area contributed by atoms with Crippen molar-refractivity contribution in [2.75, 3.05) is 6.54 Å². The molecule has 2 amide bonds. The predicted octanol–water partition coefficient (Wildman–Crippen LogP) is 2.43. The number of unbranched alkanes of at least 4 members (excludes halogenated alkanes) is 2. The lowest BCUT2D eigenvalue weighted by Gasteiger charge is -2.29. The van der Waals surface area contributed by atoms with Crippen LogP contribution in [0.25, 0.3) is 0 Å². The molecule has 0 aliphatic carbocycles. The van der Waals surface area contributed by atoms with Crippen molar-refractivity contribution in [3.05, 3.63) is 60.2 Å². The predicted molar refractivity (Wildman–Crippen MR) is 107 cm³/mol. The van der Waals surface area contributed by atoms with Crippen LogP contribution in [0.15, 0.2) is 48.8 Å². The zero-order valence-corrected chi connectivity index (χ0v) is 16.4. The van der Waals surface area contributed by atoms with Gasteiger partial charge in [-0.25, -0.2) is 4.79 Å². The maximum Gasteiger partial charge on any atom is 0.329 e. The fraction of sp³-hybridized carbons (Fsp3) is 0.381. The smallest absolute Gasteiger partial charge is 0.329 e. The third kappa shape index (κ3) is 6.38. The van der Waals surface area contributed by atoms with E-state index >= 15 is 0 Å². The van der Waals surface area contributed by atoms with Crippen LogP contribution in [0.3, 0.4) is 0 Å². The van der Waals surface area contributed by atoms with Crippen molar-refractivity contribution in [2.45, 2.75) is 44.6 Å². The molecule has 2 aromatic rings. The summed E-state index contributed by atoms with van der Waals surface area (Å²) in [6, 6.07) is 10.0. The number of aliphatic carboxylic acids is 1. The number of rotatable bonds is 11. The Hall–Kier alpha value is -3.29. The number of nitrogens with zero attached hydrogens (tertiary/aromatic N) is 2. The summed E-state index contributed by atoms with van der Waals surface area (Å²) in [5.41, 5.74) is -0.796. The molecular weight excluding hydrogens is 372 g/mol. The molecule has 1 atom stereocenters. The number of nitrogens with one attached hydrogen (secondary N) is 2. The molecule has 3 N–H and O–H groups in total. The summed E-state index contributed by atoms with van der Waals surface area (Å²) in [6.45, 7) is 2.21. The van der Waals surface area contributed by atoms with Gasteiger partial charge < -0.3 is 15.7 Å². The Morgan fingerprint density at radius 1 is 0.931 bits per heavy atom. The normalized spacial score (nSPS) is 12.6. The molecule has 0 unspecified atom stereocenters. The van der Waals surface area contributed by atoms with Crippen LogP contribution in [0.1, 0.15) is 60.0 Å². The van der Waals surface area contributed by atoms with Crippen LogP contribution < -0.4 is 10.6 Å². The van der Waals surface area contributed by atoms with Gasteiger partial charge in [-0.05, 0) is 43.5 Å². The van der Waals surface area contributed by atoms with E-state index in [1.807, 2.05) is 0 Å². The minimum Gasteiger partial charge on any atom is -0.480 e. The number of hydrogen-bond donors (Lipinski definition) is 3. The average Bonchev–Trinajstić information content (AvgIpc) is 2.76. The van der Waals surface area contributed by atoms with Gasteiger partial charge in [-0.3, -0.25) is 19.6 Å². The van der Waals surface area contributed by atoms with Crippen LogP contribution in [-0.4, -0.2) is 44.9 Å². The van der Waals surface area contributed by atoms with Gasteiger partial charge in [-0.1, -0.05) is 31.9 Å². The molecular formula is C21H26N4O4. The monoisotopic (exact) mass is 398 g/mol. The molecule has 8 nitrogen and oxygen atoms in total. The van der Waals surface area contributed by atoms with E-state index in [2.05, 4.69) is 20.6 Å². The maximum absolute atomic E-state index is 12.4.